The smallest absolute Gasteiger partial charge is 0.186 e. The van der Waals surface area contributed by atoms with Crippen LogP contribution in [0, 0.1) is 29.0 Å². The largest absolute Gasteiger partial charge is 0.378 e. The van der Waals surface area contributed by atoms with E-state index in [9.17, 15) is 14.4 Å². The molecule has 1 N–H and O–H groups in total. The number of halogens is 1. The molecule has 0 radical (unpaired) electrons. The molecule has 32 heavy (non-hydrogen) atoms. The van der Waals surface area contributed by atoms with Gasteiger partial charge in [-0.25, -0.2) is 9.37 Å². The topological polar surface area (TPSA) is 78.2 Å². The lowest BCUT2D eigenvalue weighted by molar-refractivity contribution is -0.122. The monoisotopic (exact) mass is 454 g/mol. The second kappa shape index (κ2) is 9.26. The Labute approximate surface area is 191 Å². The van der Waals surface area contributed by atoms with Gasteiger partial charge in [0, 0.05) is 31.7 Å². The van der Waals surface area contributed by atoms with Gasteiger partial charge in [-0.1, -0.05) is 23.5 Å². The Balaban J connectivity index is 1.23. The van der Waals surface area contributed by atoms with E-state index in [1.807, 2.05) is 6.07 Å². The van der Waals surface area contributed by atoms with Crippen molar-refractivity contribution in [3.8, 4) is 16.5 Å². The number of thiazole rings is 1. The number of carbonyl (C=O) groups is 1. The molecule has 2 aromatic rings. The molecule has 6 nitrogen and oxygen atoms in total. The Morgan fingerprint density at radius 2 is 2.22 bits per heavy atom. The molecule has 1 aromatic carbocycles. The predicted octanol–water partition coefficient (Wildman–Crippen LogP) is 3.57. The number of carbonyl (C=O) groups excluding carboxylic acids is 1. The lowest BCUT2D eigenvalue weighted by Crippen LogP contribution is -2.42. The van der Waals surface area contributed by atoms with Crippen molar-refractivity contribution in [1.82, 2.24) is 10.3 Å². The molecule has 2 saturated heterocycles. The lowest BCUT2D eigenvalue weighted by atomic mass is 9.88. The number of nitriles is 1. The minimum atomic E-state index is -0.514. The predicted molar refractivity (Wildman–Crippen MR) is 121 cm³/mol. The number of piperidine rings is 1. The summed E-state index contributed by atoms with van der Waals surface area (Å²) in [5.74, 6) is -0.347. The number of anilines is 1. The van der Waals surface area contributed by atoms with Gasteiger partial charge in [0.1, 0.15) is 5.82 Å². The van der Waals surface area contributed by atoms with Crippen molar-refractivity contribution in [2.75, 3.05) is 31.2 Å². The minimum absolute atomic E-state index is 0.0982. The Morgan fingerprint density at radius 1 is 1.38 bits per heavy atom. The number of ketones is 1. The van der Waals surface area contributed by atoms with E-state index in [0.717, 1.165) is 47.9 Å². The highest BCUT2D eigenvalue weighted by molar-refractivity contribution is 7.18. The first-order valence-corrected chi connectivity index (χ1v) is 12.2. The molecule has 4 atom stereocenters. The van der Waals surface area contributed by atoms with Crippen molar-refractivity contribution in [2.24, 2.45) is 11.8 Å². The van der Waals surface area contributed by atoms with Crippen LogP contribution >= 0.6 is 11.3 Å². The first-order valence-electron chi connectivity index (χ1n) is 11.4. The number of hydrogen-bond donors (Lipinski definition) is 1. The second-order valence-corrected chi connectivity index (χ2v) is 10.0. The fraction of sp³-hybridized carbons (Fsp3) is 0.542. The van der Waals surface area contributed by atoms with Gasteiger partial charge in [-0.05, 0) is 48.8 Å². The Morgan fingerprint density at radius 3 is 2.91 bits per heavy atom. The SMILES string of the molecule is N#C[C@@H](CC(=O)[C@H]1N[C@@H]2CC[C@H]1C2)Cc1ccc(-c2cnc(N3CCOCC3)s2)cc1F. The van der Waals surface area contributed by atoms with Crippen LogP contribution in [-0.4, -0.2) is 49.2 Å². The molecule has 0 unspecified atom stereocenters. The maximum Gasteiger partial charge on any atom is 0.186 e. The van der Waals surface area contributed by atoms with E-state index >= 15 is 0 Å². The number of aromatic nitrogens is 1. The Bertz CT molecular complexity index is 1030. The van der Waals surface area contributed by atoms with Gasteiger partial charge < -0.3 is 15.0 Å². The Kier molecular flexibility index (Phi) is 6.22. The average molecular weight is 455 g/mol. The number of Topliss-reactive ketones (excluding diaryl/α,β-unsaturated/α-hetero) is 1. The average Bonchev–Trinajstić information content (AvgIpc) is 3.57. The van der Waals surface area contributed by atoms with Crippen molar-refractivity contribution >= 4 is 22.3 Å². The molecular weight excluding hydrogens is 427 g/mol. The number of hydrogen-bond acceptors (Lipinski definition) is 7. The van der Waals surface area contributed by atoms with E-state index in [-0.39, 0.29) is 30.5 Å². The molecule has 168 valence electrons. The van der Waals surface area contributed by atoms with Crippen LogP contribution in [0.3, 0.4) is 0 Å². The van der Waals surface area contributed by atoms with Crippen LogP contribution in [-0.2, 0) is 16.0 Å². The number of nitrogens with one attached hydrogen (secondary N) is 1. The van der Waals surface area contributed by atoms with Gasteiger partial charge in [0.25, 0.3) is 0 Å². The van der Waals surface area contributed by atoms with E-state index in [0.29, 0.717) is 30.7 Å². The zero-order chi connectivity index (χ0) is 22.1. The van der Waals surface area contributed by atoms with Crippen LogP contribution < -0.4 is 10.2 Å². The van der Waals surface area contributed by atoms with Gasteiger partial charge in [-0.2, -0.15) is 5.26 Å². The van der Waals surface area contributed by atoms with Gasteiger partial charge in [0.2, 0.25) is 0 Å². The fourth-order valence-corrected chi connectivity index (χ4v) is 6.14. The fourth-order valence-electron chi connectivity index (χ4n) is 5.18. The highest BCUT2D eigenvalue weighted by Gasteiger charge is 2.42. The minimum Gasteiger partial charge on any atom is -0.378 e. The third kappa shape index (κ3) is 4.42. The van der Waals surface area contributed by atoms with Gasteiger partial charge in [0.05, 0.1) is 36.1 Å². The molecule has 1 saturated carbocycles. The lowest BCUT2D eigenvalue weighted by Gasteiger charge is -2.25. The first-order chi connectivity index (χ1) is 15.6. The molecule has 0 spiro atoms. The maximum absolute atomic E-state index is 14.9. The van der Waals surface area contributed by atoms with Gasteiger partial charge in [-0.3, -0.25) is 4.79 Å². The summed E-state index contributed by atoms with van der Waals surface area (Å²) in [5.41, 5.74) is 1.26. The molecule has 1 aromatic heterocycles. The third-order valence-electron chi connectivity index (χ3n) is 6.92. The standard InChI is InChI=1S/C24H27FN4O2S/c25-20-12-17(22-14-27-24(32-22)29-5-7-31-8-6-29)2-1-16(20)9-15(13-26)10-21(30)23-18-3-4-19(11-18)28-23/h1-2,12,14-15,18-19,23,28H,3-11H2/t15-,18+,19-,23+/m1/s1. The van der Waals surface area contributed by atoms with Gasteiger partial charge in [0.15, 0.2) is 10.9 Å². The third-order valence-corrected chi connectivity index (χ3v) is 8.02. The molecule has 5 rings (SSSR count). The number of rotatable bonds is 7. The van der Waals surface area contributed by atoms with E-state index in [4.69, 9.17) is 4.74 Å². The highest BCUT2D eigenvalue weighted by Crippen LogP contribution is 2.37. The molecule has 2 bridgehead atoms. The zero-order valence-corrected chi connectivity index (χ0v) is 18.7. The summed E-state index contributed by atoms with van der Waals surface area (Å²) in [4.78, 5) is 20.3. The summed E-state index contributed by atoms with van der Waals surface area (Å²) < 4.78 is 20.3. The number of benzene rings is 1. The van der Waals surface area contributed by atoms with Crippen LogP contribution in [0.5, 0.6) is 0 Å². The van der Waals surface area contributed by atoms with E-state index in [1.165, 1.54) is 6.07 Å². The molecule has 1 aliphatic carbocycles. The molecular formula is C24H27FN4O2S. The van der Waals surface area contributed by atoms with E-state index in [1.54, 1.807) is 23.6 Å². The quantitative estimate of drug-likeness (QED) is 0.689. The molecule has 3 fully saturated rings. The number of nitrogens with zero attached hydrogens (tertiary/aromatic N) is 3. The summed E-state index contributed by atoms with van der Waals surface area (Å²) in [5, 5.41) is 13.9. The van der Waals surface area contributed by atoms with E-state index in [2.05, 4.69) is 21.3 Å². The molecule has 2 aliphatic heterocycles. The summed E-state index contributed by atoms with van der Waals surface area (Å²) in [6.45, 7) is 3.01. The molecule has 0 amide bonds. The number of morpholine rings is 1. The molecule has 8 heteroatoms. The second-order valence-electron chi connectivity index (χ2n) is 9.03. The molecule has 3 aliphatic rings. The van der Waals surface area contributed by atoms with Crippen LogP contribution in [0.1, 0.15) is 31.2 Å². The summed E-state index contributed by atoms with van der Waals surface area (Å²) >= 11 is 1.54. The van der Waals surface area contributed by atoms with Crippen LogP contribution in [0.2, 0.25) is 0 Å². The van der Waals surface area contributed by atoms with Crippen LogP contribution in [0.25, 0.3) is 10.4 Å². The van der Waals surface area contributed by atoms with Gasteiger partial charge >= 0.3 is 0 Å². The van der Waals surface area contributed by atoms with Crippen LogP contribution in [0.15, 0.2) is 24.4 Å². The summed E-state index contributed by atoms with van der Waals surface area (Å²) in [6.07, 6.45) is 5.50. The normalized spacial score (nSPS) is 25.6. The summed E-state index contributed by atoms with van der Waals surface area (Å²) in [7, 11) is 0. The van der Waals surface area contributed by atoms with Crippen molar-refractivity contribution in [2.45, 2.75) is 44.2 Å². The first kappa shape index (κ1) is 21.5. The number of fused-ring (bicyclic) bond motifs is 2. The van der Waals surface area contributed by atoms with E-state index < -0.39 is 5.92 Å². The van der Waals surface area contributed by atoms with Crippen molar-refractivity contribution in [3.05, 3.63) is 35.8 Å². The zero-order valence-electron chi connectivity index (χ0n) is 17.9. The number of ether oxygens (including phenoxy) is 1. The molecule has 3 heterocycles. The van der Waals surface area contributed by atoms with Crippen molar-refractivity contribution in [1.29, 1.82) is 5.26 Å². The summed E-state index contributed by atoms with van der Waals surface area (Å²) in [6, 6.07) is 7.69. The van der Waals surface area contributed by atoms with Crippen molar-refractivity contribution in [3.63, 3.8) is 0 Å². The maximum atomic E-state index is 14.9. The highest BCUT2D eigenvalue weighted by atomic mass is 32.1. The van der Waals surface area contributed by atoms with Crippen LogP contribution in [0.4, 0.5) is 9.52 Å². The van der Waals surface area contributed by atoms with Gasteiger partial charge in [-0.15, -0.1) is 0 Å². The van der Waals surface area contributed by atoms with Crippen molar-refractivity contribution < 1.29 is 13.9 Å². The Hall–Kier alpha value is -2.34.